The van der Waals surface area contributed by atoms with Gasteiger partial charge in [0.25, 0.3) is 0 Å². The molecule has 0 saturated heterocycles. The molecule has 0 amide bonds. The lowest BCUT2D eigenvalue weighted by molar-refractivity contribution is 0.577. The Balaban J connectivity index is 0.956. The molecule has 2 aliphatic rings. The zero-order valence-corrected chi connectivity index (χ0v) is 34.6. The molecule has 63 heavy (non-hydrogen) atoms. The fourth-order valence-electron chi connectivity index (χ4n) is 9.58. The Morgan fingerprint density at radius 2 is 1.08 bits per heavy atom. The van der Waals surface area contributed by atoms with Crippen molar-refractivity contribution in [2.75, 3.05) is 4.90 Å². The van der Waals surface area contributed by atoms with E-state index in [1.54, 1.807) is 0 Å². The molecule has 0 saturated carbocycles. The highest BCUT2D eigenvalue weighted by Crippen LogP contribution is 2.55. The average molecular weight is 809 g/mol. The topological polar surface area (TPSA) is 59.7 Å². The van der Waals surface area contributed by atoms with Gasteiger partial charge >= 0.3 is 0 Å². The zero-order valence-electron chi connectivity index (χ0n) is 34.6. The maximum atomic E-state index is 4.97. The Morgan fingerprint density at radius 1 is 0.476 bits per heavy atom. The van der Waals surface area contributed by atoms with E-state index >= 15 is 0 Å². The fraction of sp³-hybridized carbons (Fsp3) is 0.0526. The molecule has 1 unspecified atom stereocenters. The molecule has 4 heterocycles. The maximum Gasteiger partial charge on any atom is 0.182 e. The van der Waals surface area contributed by atoms with Gasteiger partial charge in [-0.3, -0.25) is 4.98 Å². The van der Waals surface area contributed by atoms with Gasteiger partial charge in [0.15, 0.2) is 17.5 Å². The lowest BCUT2D eigenvalue weighted by atomic mass is 9.76. The Kier molecular flexibility index (Phi) is 8.57. The Morgan fingerprint density at radius 3 is 1.86 bits per heavy atom. The SMILES string of the molecule is CC12CC=CC=C1N(c1cccc(-c3ccc4c5ccccc5n(-c5ccccc5)c4c3)c1)c1cc(-c3ccnc(-c4nc(-c5ccccc5)nc(-c5ccccc5)n4)c3)ccc12. The number of para-hydroxylation sites is 2. The normalized spacial score (nSPS) is 15.4. The summed E-state index contributed by atoms with van der Waals surface area (Å²) in [6.07, 6.45) is 9.57. The average Bonchev–Trinajstić information content (AvgIpc) is 3.83. The quantitative estimate of drug-likeness (QED) is 0.160. The second kappa shape index (κ2) is 14.8. The summed E-state index contributed by atoms with van der Waals surface area (Å²) < 4.78 is 2.39. The summed E-state index contributed by atoms with van der Waals surface area (Å²) in [5, 5.41) is 2.49. The van der Waals surface area contributed by atoms with Gasteiger partial charge in [0, 0.05) is 50.6 Å². The van der Waals surface area contributed by atoms with Crippen LogP contribution in [0.3, 0.4) is 0 Å². The molecule has 6 nitrogen and oxygen atoms in total. The minimum Gasteiger partial charge on any atom is -0.313 e. The first-order valence-electron chi connectivity index (χ1n) is 21.4. The molecule has 1 aliphatic heterocycles. The number of hydrogen-bond acceptors (Lipinski definition) is 5. The fourth-order valence-corrected chi connectivity index (χ4v) is 9.58. The molecule has 12 rings (SSSR count). The smallest absolute Gasteiger partial charge is 0.182 e. The summed E-state index contributed by atoms with van der Waals surface area (Å²) in [5.41, 5.74) is 15.3. The van der Waals surface area contributed by atoms with Gasteiger partial charge in [-0.05, 0) is 102 Å². The molecule has 0 bridgehead atoms. The standard InChI is InChI=1S/C57H40N6/c1-57-32-14-13-26-53(57)63(45-23-15-20-40(34-45)41-27-29-47-46-24-11-12-25-50(46)62(51(47)36-41)44-21-9-4-10-22-44)52-37-42(28-30-48(52)57)43-31-33-58-49(35-43)56-60-54(38-16-5-2-6-17-38)59-55(61-56)39-18-7-3-8-19-39/h2-31,33-37H,32H2,1H3. The number of fused-ring (bicyclic) bond motifs is 6. The molecule has 0 fully saturated rings. The van der Waals surface area contributed by atoms with Crippen molar-refractivity contribution in [1.82, 2.24) is 24.5 Å². The molecule has 0 spiro atoms. The number of anilines is 2. The van der Waals surface area contributed by atoms with Gasteiger partial charge in [0.1, 0.15) is 5.69 Å². The Hall–Kier alpha value is -8.22. The lowest BCUT2D eigenvalue weighted by Crippen LogP contribution is -2.26. The van der Waals surface area contributed by atoms with Crippen LogP contribution < -0.4 is 4.90 Å². The number of benzene rings is 7. The van der Waals surface area contributed by atoms with E-state index in [1.165, 1.54) is 49.9 Å². The molecule has 6 heteroatoms. The molecule has 1 atom stereocenters. The number of pyridine rings is 1. The molecule has 298 valence electrons. The summed E-state index contributed by atoms with van der Waals surface area (Å²) in [6, 6.07) is 66.5. The van der Waals surface area contributed by atoms with E-state index in [-0.39, 0.29) is 5.41 Å². The molecule has 7 aromatic carbocycles. The highest BCUT2D eigenvalue weighted by Gasteiger charge is 2.44. The Labute approximate surface area is 365 Å². The molecule has 3 aromatic heterocycles. The van der Waals surface area contributed by atoms with Gasteiger partial charge in [-0.25, -0.2) is 15.0 Å². The van der Waals surface area contributed by atoms with Crippen LogP contribution in [0, 0.1) is 0 Å². The lowest BCUT2D eigenvalue weighted by Gasteiger charge is -2.31. The second-order valence-electron chi connectivity index (χ2n) is 16.5. The van der Waals surface area contributed by atoms with Crippen molar-refractivity contribution in [3.8, 4) is 62.2 Å². The van der Waals surface area contributed by atoms with Crippen LogP contribution in [-0.2, 0) is 5.41 Å². The van der Waals surface area contributed by atoms with Gasteiger partial charge in [0.05, 0.1) is 16.7 Å². The molecule has 1 aliphatic carbocycles. The van der Waals surface area contributed by atoms with Crippen LogP contribution in [0.5, 0.6) is 0 Å². The van der Waals surface area contributed by atoms with Crippen LogP contribution >= 0.6 is 0 Å². The number of aromatic nitrogens is 5. The second-order valence-corrected chi connectivity index (χ2v) is 16.5. The maximum absolute atomic E-state index is 4.97. The van der Waals surface area contributed by atoms with Gasteiger partial charge in [-0.2, -0.15) is 0 Å². The van der Waals surface area contributed by atoms with Crippen molar-refractivity contribution in [2.24, 2.45) is 0 Å². The van der Waals surface area contributed by atoms with E-state index in [9.17, 15) is 0 Å². The van der Waals surface area contributed by atoms with Crippen LogP contribution in [-0.4, -0.2) is 24.5 Å². The van der Waals surface area contributed by atoms with Crippen LogP contribution in [0.1, 0.15) is 18.9 Å². The zero-order chi connectivity index (χ0) is 41.9. The summed E-state index contributed by atoms with van der Waals surface area (Å²) in [6.45, 7) is 2.38. The number of rotatable bonds is 7. The Bertz CT molecular complexity index is 3390. The predicted octanol–water partition coefficient (Wildman–Crippen LogP) is 14.0. The van der Waals surface area contributed by atoms with Crippen molar-refractivity contribution in [1.29, 1.82) is 0 Å². The van der Waals surface area contributed by atoms with Crippen molar-refractivity contribution < 1.29 is 0 Å². The molecular weight excluding hydrogens is 769 g/mol. The largest absolute Gasteiger partial charge is 0.313 e. The van der Waals surface area contributed by atoms with E-state index < -0.39 is 0 Å². The monoisotopic (exact) mass is 808 g/mol. The summed E-state index contributed by atoms with van der Waals surface area (Å²) in [7, 11) is 0. The first kappa shape index (κ1) is 36.6. The van der Waals surface area contributed by atoms with Crippen molar-refractivity contribution >= 4 is 33.2 Å². The predicted molar refractivity (Wildman–Crippen MR) is 257 cm³/mol. The molecule has 0 N–H and O–H groups in total. The first-order valence-corrected chi connectivity index (χ1v) is 21.4. The summed E-state index contributed by atoms with van der Waals surface area (Å²) in [4.78, 5) is 22.1. The highest BCUT2D eigenvalue weighted by atomic mass is 15.2. The first-order chi connectivity index (χ1) is 31.1. The van der Waals surface area contributed by atoms with Gasteiger partial charge in [-0.15, -0.1) is 0 Å². The minimum absolute atomic E-state index is 0.176. The van der Waals surface area contributed by atoms with Crippen molar-refractivity contribution in [3.05, 3.63) is 224 Å². The van der Waals surface area contributed by atoms with Gasteiger partial charge in [-0.1, -0.05) is 146 Å². The molecular formula is C57H40N6. The number of allylic oxidation sites excluding steroid dienone is 4. The third-order valence-electron chi connectivity index (χ3n) is 12.7. The van der Waals surface area contributed by atoms with Crippen molar-refractivity contribution in [3.63, 3.8) is 0 Å². The van der Waals surface area contributed by atoms with E-state index in [0.29, 0.717) is 23.2 Å². The van der Waals surface area contributed by atoms with Crippen molar-refractivity contribution in [2.45, 2.75) is 18.8 Å². The van der Waals surface area contributed by atoms with Gasteiger partial charge < -0.3 is 9.47 Å². The highest BCUT2D eigenvalue weighted by molar-refractivity contribution is 6.10. The third kappa shape index (κ3) is 6.18. The van der Waals surface area contributed by atoms with Crippen LogP contribution in [0.25, 0.3) is 84.0 Å². The summed E-state index contributed by atoms with van der Waals surface area (Å²) in [5.74, 6) is 1.75. The summed E-state index contributed by atoms with van der Waals surface area (Å²) >= 11 is 0. The third-order valence-corrected chi connectivity index (χ3v) is 12.7. The molecule has 10 aromatic rings. The van der Waals surface area contributed by atoms with Crippen LogP contribution in [0.4, 0.5) is 11.4 Å². The van der Waals surface area contributed by atoms with E-state index in [1.807, 2.05) is 66.9 Å². The van der Waals surface area contributed by atoms with Crippen LogP contribution in [0.15, 0.2) is 218 Å². The minimum atomic E-state index is -0.176. The number of hydrogen-bond donors (Lipinski definition) is 0. The molecule has 0 radical (unpaired) electrons. The van der Waals surface area contributed by atoms with Crippen LogP contribution in [0.2, 0.25) is 0 Å². The van der Waals surface area contributed by atoms with Gasteiger partial charge in [0.2, 0.25) is 0 Å². The number of nitrogens with zero attached hydrogens (tertiary/aromatic N) is 6. The van der Waals surface area contributed by atoms with E-state index in [2.05, 4.69) is 162 Å². The van der Waals surface area contributed by atoms with E-state index in [4.69, 9.17) is 19.9 Å². The van der Waals surface area contributed by atoms with E-state index in [0.717, 1.165) is 40.0 Å².